The molecule has 0 amide bonds. The summed E-state index contributed by atoms with van der Waals surface area (Å²) < 4.78 is 7.44. The summed E-state index contributed by atoms with van der Waals surface area (Å²) in [6, 6.07) is 17.3. The van der Waals surface area contributed by atoms with E-state index in [4.69, 9.17) is 9.84 Å². The highest BCUT2D eigenvalue weighted by atomic mass is 79.9. The molecule has 1 atom stereocenters. The second kappa shape index (κ2) is 11.2. The third-order valence-corrected chi connectivity index (χ3v) is 6.51. The van der Waals surface area contributed by atoms with Crippen molar-refractivity contribution in [1.82, 2.24) is 0 Å². The molecular formula is C26H26Br2O5. The maximum absolute atomic E-state index is 11.0. The molecule has 0 fully saturated rings. The zero-order valence-electron chi connectivity index (χ0n) is 18.4. The van der Waals surface area contributed by atoms with Gasteiger partial charge in [-0.3, -0.25) is 0 Å². The van der Waals surface area contributed by atoms with Crippen molar-refractivity contribution in [2.24, 2.45) is 0 Å². The number of aliphatic carboxylic acids is 1. The van der Waals surface area contributed by atoms with E-state index in [1.54, 1.807) is 12.1 Å². The number of hydrogen-bond acceptors (Lipinski definition) is 4. The van der Waals surface area contributed by atoms with Crippen molar-refractivity contribution in [3.63, 3.8) is 0 Å². The van der Waals surface area contributed by atoms with Crippen LogP contribution in [0.15, 0.2) is 63.5 Å². The van der Waals surface area contributed by atoms with Crippen LogP contribution < -0.4 is 4.74 Å². The van der Waals surface area contributed by atoms with Gasteiger partial charge in [-0.25, -0.2) is 4.79 Å². The molecule has 0 aliphatic rings. The van der Waals surface area contributed by atoms with Gasteiger partial charge in [0.25, 0.3) is 0 Å². The van der Waals surface area contributed by atoms with Crippen molar-refractivity contribution in [3.05, 3.63) is 85.8 Å². The fraction of sp³-hybridized carbons (Fsp3) is 0.269. The summed E-state index contributed by atoms with van der Waals surface area (Å²) in [6.45, 7) is 4.04. The predicted octanol–water partition coefficient (Wildman–Crippen LogP) is 6.61. The molecule has 0 spiro atoms. The molecule has 0 saturated carbocycles. The third kappa shape index (κ3) is 6.59. The Labute approximate surface area is 210 Å². The SMILES string of the molecule is CC(C)c1cc(Oc2c(Br)cc(CC(O)C(=O)O)cc2Br)cc(CCc2ccccc2)c1O. The second-order valence-corrected chi connectivity index (χ2v) is 9.92. The van der Waals surface area contributed by atoms with Crippen LogP contribution in [0.25, 0.3) is 0 Å². The van der Waals surface area contributed by atoms with Gasteiger partial charge in [0.05, 0.1) is 8.95 Å². The highest BCUT2D eigenvalue weighted by molar-refractivity contribution is 9.11. The lowest BCUT2D eigenvalue weighted by molar-refractivity contribution is -0.146. The number of phenolic OH excluding ortho intramolecular Hbond substituents is 1. The summed E-state index contributed by atoms with van der Waals surface area (Å²) in [7, 11) is 0. The maximum atomic E-state index is 11.0. The lowest BCUT2D eigenvalue weighted by atomic mass is 9.95. The summed E-state index contributed by atoms with van der Waals surface area (Å²) >= 11 is 6.98. The van der Waals surface area contributed by atoms with Crippen molar-refractivity contribution in [1.29, 1.82) is 0 Å². The van der Waals surface area contributed by atoms with E-state index < -0.39 is 12.1 Å². The zero-order valence-corrected chi connectivity index (χ0v) is 21.6. The summed E-state index contributed by atoms with van der Waals surface area (Å²) in [5.74, 6) is 0.258. The van der Waals surface area contributed by atoms with Gasteiger partial charge in [-0.1, -0.05) is 44.2 Å². The molecular weight excluding hydrogens is 552 g/mol. The molecule has 1 unspecified atom stereocenters. The molecule has 174 valence electrons. The number of phenols is 1. The first-order valence-electron chi connectivity index (χ1n) is 10.6. The molecule has 0 bridgehead atoms. The standard InChI is InChI=1S/C26H26Br2O5/c1-15(2)20-14-19(13-18(24(20)30)9-8-16-6-4-3-5-7-16)33-25-21(27)10-17(11-22(25)28)12-23(29)26(31)32/h3-7,10-11,13-15,23,29-30H,8-9,12H2,1-2H3,(H,31,32). The van der Waals surface area contributed by atoms with Gasteiger partial charge >= 0.3 is 5.97 Å². The van der Waals surface area contributed by atoms with Crippen LogP contribution in [0.3, 0.4) is 0 Å². The smallest absolute Gasteiger partial charge is 0.332 e. The number of aryl methyl sites for hydroxylation is 2. The molecule has 33 heavy (non-hydrogen) atoms. The van der Waals surface area contributed by atoms with E-state index >= 15 is 0 Å². The number of aliphatic hydroxyl groups excluding tert-OH is 1. The Bertz CT molecular complexity index is 1110. The first-order chi connectivity index (χ1) is 15.7. The van der Waals surface area contributed by atoms with Crippen LogP contribution in [-0.2, 0) is 24.1 Å². The molecule has 5 nitrogen and oxygen atoms in total. The summed E-state index contributed by atoms with van der Waals surface area (Å²) in [4.78, 5) is 11.0. The number of carbonyl (C=O) groups is 1. The van der Waals surface area contributed by atoms with E-state index in [1.807, 2.05) is 44.2 Å². The largest absolute Gasteiger partial charge is 0.507 e. The van der Waals surface area contributed by atoms with Crippen LogP contribution in [0.4, 0.5) is 0 Å². The second-order valence-electron chi connectivity index (χ2n) is 8.21. The monoisotopic (exact) mass is 576 g/mol. The highest BCUT2D eigenvalue weighted by Gasteiger charge is 2.19. The molecule has 0 heterocycles. The minimum Gasteiger partial charge on any atom is -0.507 e. The first-order valence-corrected chi connectivity index (χ1v) is 12.2. The van der Waals surface area contributed by atoms with E-state index in [2.05, 4.69) is 44.0 Å². The molecule has 0 radical (unpaired) electrons. The van der Waals surface area contributed by atoms with E-state index in [0.717, 1.165) is 17.5 Å². The fourth-order valence-corrected chi connectivity index (χ4v) is 5.00. The number of carboxylic acids is 1. The summed E-state index contributed by atoms with van der Waals surface area (Å²) in [5.41, 5.74) is 3.46. The van der Waals surface area contributed by atoms with E-state index in [1.165, 1.54) is 5.56 Å². The Morgan fingerprint density at radius 3 is 2.18 bits per heavy atom. The number of hydrogen-bond donors (Lipinski definition) is 3. The number of ether oxygens (including phenoxy) is 1. The average molecular weight is 578 g/mol. The lowest BCUT2D eigenvalue weighted by Gasteiger charge is -2.18. The van der Waals surface area contributed by atoms with Crippen molar-refractivity contribution in [2.45, 2.75) is 45.1 Å². The van der Waals surface area contributed by atoms with Crippen LogP contribution >= 0.6 is 31.9 Å². The van der Waals surface area contributed by atoms with E-state index in [-0.39, 0.29) is 12.3 Å². The minimum absolute atomic E-state index is 0.0207. The predicted molar refractivity (Wildman–Crippen MR) is 135 cm³/mol. The molecule has 3 aromatic carbocycles. The maximum Gasteiger partial charge on any atom is 0.332 e. The van der Waals surface area contributed by atoms with Crippen LogP contribution in [0, 0.1) is 0 Å². The molecule has 3 N–H and O–H groups in total. The van der Waals surface area contributed by atoms with Crippen molar-refractivity contribution < 1.29 is 24.9 Å². The summed E-state index contributed by atoms with van der Waals surface area (Å²) in [6.07, 6.45) is -0.0362. The summed E-state index contributed by atoms with van der Waals surface area (Å²) in [5, 5.41) is 29.5. The molecule has 0 aromatic heterocycles. The number of carboxylic acid groups (broad SMARTS) is 1. The van der Waals surface area contributed by atoms with Gasteiger partial charge < -0.3 is 20.1 Å². The van der Waals surface area contributed by atoms with Crippen molar-refractivity contribution >= 4 is 37.8 Å². The number of aromatic hydroxyl groups is 1. The van der Waals surface area contributed by atoms with Crippen molar-refractivity contribution in [3.8, 4) is 17.2 Å². The van der Waals surface area contributed by atoms with Crippen LogP contribution in [-0.4, -0.2) is 27.4 Å². The minimum atomic E-state index is -1.48. The third-order valence-electron chi connectivity index (χ3n) is 5.33. The van der Waals surface area contributed by atoms with Gasteiger partial charge in [0.2, 0.25) is 0 Å². The van der Waals surface area contributed by atoms with E-state index in [0.29, 0.717) is 38.2 Å². The van der Waals surface area contributed by atoms with Crippen molar-refractivity contribution in [2.75, 3.05) is 0 Å². The molecule has 0 aliphatic carbocycles. The number of halogens is 2. The first kappa shape index (κ1) is 25.3. The Morgan fingerprint density at radius 1 is 0.970 bits per heavy atom. The molecule has 7 heteroatoms. The van der Waals surface area contributed by atoms with Gasteiger partial charge in [-0.2, -0.15) is 0 Å². The van der Waals surface area contributed by atoms with Crippen LogP contribution in [0.2, 0.25) is 0 Å². The van der Waals surface area contributed by atoms with Gasteiger partial charge in [-0.05, 0) is 91.6 Å². The number of rotatable bonds is 9. The van der Waals surface area contributed by atoms with Gasteiger partial charge in [-0.15, -0.1) is 0 Å². The fourth-order valence-electron chi connectivity index (χ4n) is 3.56. The van der Waals surface area contributed by atoms with Gasteiger partial charge in [0, 0.05) is 12.0 Å². The van der Waals surface area contributed by atoms with Crippen LogP contribution in [0.1, 0.15) is 42.0 Å². The van der Waals surface area contributed by atoms with Crippen LogP contribution in [0.5, 0.6) is 17.2 Å². The normalized spacial score (nSPS) is 12.1. The number of benzene rings is 3. The quantitative estimate of drug-likeness (QED) is 0.266. The molecule has 0 aliphatic heterocycles. The lowest BCUT2D eigenvalue weighted by Crippen LogP contribution is -2.21. The zero-order chi connectivity index (χ0) is 24.1. The molecule has 3 rings (SSSR count). The molecule has 3 aromatic rings. The highest BCUT2D eigenvalue weighted by Crippen LogP contribution is 2.41. The number of aliphatic hydroxyl groups is 1. The average Bonchev–Trinajstić information content (AvgIpc) is 2.76. The Kier molecular flexibility index (Phi) is 8.57. The molecule has 0 saturated heterocycles. The van der Waals surface area contributed by atoms with Gasteiger partial charge in [0.1, 0.15) is 11.5 Å². The Hall–Kier alpha value is -2.35. The van der Waals surface area contributed by atoms with E-state index in [9.17, 15) is 15.0 Å². The Morgan fingerprint density at radius 2 is 1.61 bits per heavy atom. The topological polar surface area (TPSA) is 87.0 Å². The van der Waals surface area contributed by atoms with Gasteiger partial charge in [0.15, 0.2) is 11.9 Å². The Balaban J connectivity index is 1.89.